The third-order valence-corrected chi connectivity index (χ3v) is 3.35. The first-order valence-electron chi connectivity index (χ1n) is 4.64. The summed E-state index contributed by atoms with van der Waals surface area (Å²) >= 11 is 1.80. The van der Waals surface area contributed by atoms with Crippen molar-refractivity contribution in [3.05, 3.63) is 0 Å². The van der Waals surface area contributed by atoms with Crippen molar-refractivity contribution in [2.24, 2.45) is 5.92 Å². The van der Waals surface area contributed by atoms with Crippen molar-refractivity contribution in [2.45, 2.75) is 6.42 Å². The Labute approximate surface area is 91.2 Å². The van der Waals surface area contributed by atoms with Gasteiger partial charge in [-0.1, -0.05) is 0 Å². The van der Waals surface area contributed by atoms with Gasteiger partial charge in [-0.25, -0.2) is 5.10 Å². The lowest BCUT2D eigenvalue weighted by Crippen LogP contribution is -2.22. The minimum absolute atomic E-state index is 0.00111. The van der Waals surface area contributed by atoms with Crippen LogP contribution in [0.1, 0.15) is 6.42 Å². The van der Waals surface area contributed by atoms with Gasteiger partial charge in [0.2, 0.25) is 11.9 Å². The zero-order chi connectivity index (χ0) is 10.7. The number of amides is 1. The molecule has 0 spiro atoms. The van der Waals surface area contributed by atoms with Crippen LogP contribution in [0.2, 0.25) is 0 Å². The van der Waals surface area contributed by atoms with E-state index in [4.69, 9.17) is 4.74 Å². The van der Waals surface area contributed by atoms with E-state index >= 15 is 0 Å². The molecule has 7 heteroatoms. The van der Waals surface area contributed by atoms with Crippen molar-refractivity contribution in [3.8, 4) is 6.01 Å². The number of thioether (sulfide) groups is 1. The van der Waals surface area contributed by atoms with Crippen molar-refractivity contribution in [1.29, 1.82) is 0 Å². The van der Waals surface area contributed by atoms with Crippen LogP contribution in [0, 0.1) is 5.92 Å². The van der Waals surface area contributed by atoms with Gasteiger partial charge in [-0.3, -0.25) is 10.1 Å². The molecule has 2 heterocycles. The molecule has 1 aliphatic rings. The lowest BCUT2D eigenvalue weighted by Gasteiger charge is -2.06. The van der Waals surface area contributed by atoms with Gasteiger partial charge >= 0.3 is 6.01 Å². The van der Waals surface area contributed by atoms with Crippen LogP contribution in [0.25, 0.3) is 0 Å². The number of carbonyl (C=O) groups is 1. The molecule has 1 aliphatic heterocycles. The zero-order valence-electron chi connectivity index (χ0n) is 8.32. The predicted octanol–water partition coefficient (Wildman–Crippen LogP) is 0.505. The lowest BCUT2D eigenvalue weighted by atomic mass is 10.1. The average molecular weight is 228 g/mol. The van der Waals surface area contributed by atoms with Gasteiger partial charge in [0, 0.05) is 11.7 Å². The minimum Gasteiger partial charge on any atom is -0.466 e. The van der Waals surface area contributed by atoms with E-state index in [-0.39, 0.29) is 17.8 Å². The highest BCUT2D eigenvalue weighted by atomic mass is 32.2. The minimum atomic E-state index is -0.00111. The Morgan fingerprint density at radius 1 is 1.73 bits per heavy atom. The Morgan fingerprint density at radius 2 is 2.60 bits per heavy atom. The molecule has 1 atom stereocenters. The predicted molar refractivity (Wildman–Crippen MR) is 57.0 cm³/mol. The van der Waals surface area contributed by atoms with Gasteiger partial charge in [-0.05, 0) is 12.2 Å². The van der Waals surface area contributed by atoms with Gasteiger partial charge in [0.05, 0.1) is 7.11 Å². The fraction of sp³-hybridized carbons (Fsp3) is 0.625. The number of carbonyl (C=O) groups excluding carboxylic acids is 1. The van der Waals surface area contributed by atoms with E-state index in [1.165, 1.54) is 7.11 Å². The second kappa shape index (κ2) is 4.52. The molecule has 2 rings (SSSR count). The highest BCUT2D eigenvalue weighted by Crippen LogP contribution is 2.24. The molecular formula is C8H12N4O2S. The summed E-state index contributed by atoms with van der Waals surface area (Å²) in [5, 5.41) is 9.00. The van der Waals surface area contributed by atoms with Crippen LogP contribution in [0.5, 0.6) is 6.01 Å². The molecule has 6 nitrogen and oxygen atoms in total. The number of aromatic amines is 1. The molecule has 1 unspecified atom stereocenters. The summed E-state index contributed by atoms with van der Waals surface area (Å²) in [4.78, 5) is 15.6. The first kappa shape index (κ1) is 10.3. The van der Waals surface area contributed by atoms with Gasteiger partial charge in [0.1, 0.15) is 0 Å². The van der Waals surface area contributed by atoms with Crippen LogP contribution >= 0.6 is 11.8 Å². The molecule has 1 saturated heterocycles. The Hall–Kier alpha value is -1.24. The van der Waals surface area contributed by atoms with Gasteiger partial charge in [-0.15, -0.1) is 5.10 Å². The third kappa shape index (κ3) is 2.41. The van der Waals surface area contributed by atoms with Crippen LogP contribution in [0.15, 0.2) is 0 Å². The van der Waals surface area contributed by atoms with Crippen LogP contribution in [0.3, 0.4) is 0 Å². The molecule has 2 N–H and O–H groups in total. The molecule has 0 radical (unpaired) electrons. The van der Waals surface area contributed by atoms with Crippen LogP contribution < -0.4 is 10.1 Å². The van der Waals surface area contributed by atoms with Gasteiger partial charge in [0.15, 0.2) is 0 Å². The summed E-state index contributed by atoms with van der Waals surface area (Å²) in [6.45, 7) is 0. The first-order valence-corrected chi connectivity index (χ1v) is 5.80. The quantitative estimate of drug-likeness (QED) is 0.787. The van der Waals surface area contributed by atoms with Crippen molar-refractivity contribution < 1.29 is 9.53 Å². The molecule has 0 saturated carbocycles. The molecule has 1 fully saturated rings. The third-order valence-electron chi connectivity index (χ3n) is 2.19. The van der Waals surface area contributed by atoms with E-state index in [0.717, 1.165) is 17.9 Å². The number of hydrogen-bond donors (Lipinski definition) is 2. The van der Waals surface area contributed by atoms with Crippen LogP contribution in [-0.2, 0) is 4.79 Å². The molecule has 82 valence electrons. The summed E-state index contributed by atoms with van der Waals surface area (Å²) in [5.41, 5.74) is 0. The highest BCUT2D eigenvalue weighted by Gasteiger charge is 2.23. The summed E-state index contributed by atoms with van der Waals surface area (Å²) in [6.07, 6.45) is 0.932. The van der Waals surface area contributed by atoms with E-state index in [2.05, 4.69) is 20.5 Å². The standard InChI is InChI=1S/C8H12N4O2S/c1-14-8-10-7(11-12-8)9-6(13)5-2-3-15-4-5/h5H,2-4H2,1H3,(H2,9,10,11,12,13). The Bertz CT molecular complexity index is 348. The maximum atomic E-state index is 11.7. The van der Waals surface area contributed by atoms with Gasteiger partial charge < -0.3 is 4.74 Å². The van der Waals surface area contributed by atoms with E-state index in [1.807, 2.05) is 0 Å². The maximum absolute atomic E-state index is 11.7. The van der Waals surface area contributed by atoms with Crippen molar-refractivity contribution >= 4 is 23.6 Å². The number of H-pyrrole nitrogens is 1. The number of methoxy groups -OCH3 is 1. The number of ether oxygens (including phenoxy) is 1. The Morgan fingerprint density at radius 3 is 3.20 bits per heavy atom. The van der Waals surface area contributed by atoms with Gasteiger partial charge in [0.25, 0.3) is 0 Å². The van der Waals surface area contributed by atoms with Crippen molar-refractivity contribution in [1.82, 2.24) is 15.2 Å². The Balaban J connectivity index is 1.92. The molecular weight excluding hydrogens is 216 g/mol. The van der Waals surface area contributed by atoms with E-state index in [1.54, 1.807) is 11.8 Å². The molecule has 1 aromatic rings. The van der Waals surface area contributed by atoms with Crippen LogP contribution in [0.4, 0.5) is 5.95 Å². The molecule has 1 aromatic heterocycles. The summed E-state index contributed by atoms with van der Waals surface area (Å²) in [5.74, 6) is 2.37. The van der Waals surface area contributed by atoms with Crippen LogP contribution in [-0.4, -0.2) is 39.7 Å². The number of hydrogen-bond acceptors (Lipinski definition) is 5. The maximum Gasteiger partial charge on any atom is 0.336 e. The number of nitrogens with one attached hydrogen (secondary N) is 2. The smallest absolute Gasteiger partial charge is 0.336 e. The highest BCUT2D eigenvalue weighted by molar-refractivity contribution is 7.99. The molecule has 15 heavy (non-hydrogen) atoms. The normalized spacial score (nSPS) is 20.2. The van der Waals surface area contributed by atoms with Crippen molar-refractivity contribution in [3.63, 3.8) is 0 Å². The Kier molecular flexibility index (Phi) is 3.10. The number of nitrogens with zero attached hydrogens (tertiary/aromatic N) is 2. The summed E-state index contributed by atoms with van der Waals surface area (Å²) in [6, 6.07) is 0.228. The first-order chi connectivity index (χ1) is 7.29. The average Bonchev–Trinajstić information content (AvgIpc) is 2.87. The lowest BCUT2D eigenvalue weighted by molar-refractivity contribution is -0.119. The summed E-state index contributed by atoms with van der Waals surface area (Å²) < 4.78 is 4.79. The number of aromatic nitrogens is 3. The molecule has 0 aliphatic carbocycles. The molecule has 1 amide bonds. The number of anilines is 1. The van der Waals surface area contributed by atoms with Gasteiger partial charge in [-0.2, -0.15) is 16.7 Å². The largest absolute Gasteiger partial charge is 0.466 e. The second-order valence-electron chi connectivity index (χ2n) is 3.22. The molecule has 0 bridgehead atoms. The second-order valence-corrected chi connectivity index (χ2v) is 4.37. The van der Waals surface area contributed by atoms with E-state index in [9.17, 15) is 4.79 Å². The topological polar surface area (TPSA) is 79.9 Å². The zero-order valence-corrected chi connectivity index (χ0v) is 9.13. The van der Waals surface area contributed by atoms with Crippen molar-refractivity contribution in [2.75, 3.05) is 23.9 Å². The monoisotopic (exact) mass is 228 g/mol. The fourth-order valence-electron chi connectivity index (χ4n) is 1.35. The fourth-order valence-corrected chi connectivity index (χ4v) is 2.57. The van der Waals surface area contributed by atoms with E-state index < -0.39 is 0 Å². The molecule has 0 aromatic carbocycles. The summed E-state index contributed by atoms with van der Waals surface area (Å²) in [7, 11) is 1.47. The SMILES string of the molecule is COc1n[nH]c(NC(=O)C2CCSC2)n1. The van der Waals surface area contributed by atoms with E-state index in [0.29, 0.717) is 5.95 Å². The number of rotatable bonds is 3.